The molecule has 2 aromatic heterocycles. The van der Waals surface area contributed by atoms with Gasteiger partial charge < -0.3 is 10.8 Å². The highest BCUT2D eigenvalue weighted by Crippen LogP contribution is 2.09. The second-order valence-electron chi connectivity index (χ2n) is 3.27. The van der Waals surface area contributed by atoms with Crippen LogP contribution in [-0.2, 0) is 0 Å². The van der Waals surface area contributed by atoms with Crippen molar-refractivity contribution in [2.45, 2.75) is 0 Å². The summed E-state index contributed by atoms with van der Waals surface area (Å²) in [5.41, 5.74) is 4.04. The van der Waals surface area contributed by atoms with Crippen molar-refractivity contribution in [2.24, 2.45) is 0 Å². The van der Waals surface area contributed by atoms with E-state index in [1.165, 1.54) is 6.07 Å². The monoisotopic (exact) mass is 325 g/mol. The average molecular weight is 326 g/mol. The molecule has 0 bridgehead atoms. The van der Waals surface area contributed by atoms with Gasteiger partial charge in [0.05, 0.1) is 5.69 Å². The maximum absolute atomic E-state index is 12.4. The maximum atomic E-state index is 12.4. The molecule has 0 radical (unpaired) electrons. The molecule has 0 aliphatic heterocycles. The van der Waals surface area contributed by atoms with Gasteiger partial charge in [-0.3, -0.25) is 0 Å². The van der Waals surface area contributed by atoms with Crippen molar-refractivity contribution in [1.29, 1.82) is 0 Å². The SMILES string of the molecule is Cl.Nc1ccnc(F)c1F.O=C(O)c1ccnc(F)c1F. The first-order valence-corrected chi connectivity index (χ1v) is 4.93. The zero-order chi connectivity index (χ0) is 15.3. The zero-order valence-electron chi connectivity index (χ0n) is 10.1. The highest BCUT2D eigenvalue weighted by Gasteiger charge is 2.13. The number of nitrogens with zero attached hydrogens (tertiary/aromatic N) is 2. The lowest BCUT2D eigenvalue weighted by Gasteiger charge is -1.94. The number of aromatic nitrogens is 2. The molecule has 2 rings (SSSR count). The van der Waals surface area contributed by atoms with Crippen molar-refractivity contribution in [3.63, 3.8) is 0 Å². The topological polar surface area (TPSA) is 89.1 Å². The third-order valence-corrected chi connectivity index (χ3v) is 1.95. The van der Waals surface area contributed by atoms with Gasteiger partial charge in [-0.1, -0.05) is 0 Å². The smallest absolute Gasteiger partial charge is 0.338 e. The van der Waals surface area contributed by atoms with Gasteiger partial charge in [-0.05, 0) is 12.1 Å². The molecule has 0 fully saturated rings. The van der Waals surface area contributed by atoms with E-state index < -0.39 is 35.1 Å². The first kappa shape index (κ1) is 18.6. The van der Waals surface area contributed by atoms with Crippen molar-refractivity contribution >= 4 is 24.1 Å². The Labute approximate surface area is 121 Å². The van der Waals surface area contributed by atoms with E-state index in [1.54, 1.807) is 0 Å². The van der Waals surface area contributed by atoms with E-state index >= 15 is 0 Å². The Morgan fingerprint density at radius 1 is 1.00 bits per heavy atom. The Morgan fingerprint density at radius 2 is 1.48 bits per heavy atom. The van der Waals surface area contributed by atoms with E-state index in [-0.39, 0.29) is 18.1 Å². The third-order valence-electron chi connectivity index (χ3n) is 1.95. The van der Waals surface area contributed by atoms with Crippen LogP contribution in [0.3, 0.4) is 0 Å². The summed E-state index contributed by atoms with van der Waals surface area (Å²) in [6.07, 6.45) is 2.00. The molecule has 0 atom stereocenters. The van der Waals surface area contributed by atoms with Crippen LogP contribution < -0.4 is 5.73 Å². The number of halogens is 5. The Balaban J connectivity index is 0.000000370. The van der Waals surface area contributed by atoms with Crippen LogP contribution in [0.5, 0.6) is 0 Å². The molecule has 0 aromatic carbocycles. The van der Waals surface area contributed by atoms with Crippen molar-refractivity contribution in [1.82, 2.24) is 9.97 Å². The molecule has 0 unspecified atom stereocenters. The Hall–Kier alpha value is -2.42. The van der Waals surface area contributed by atoms with E-state index in [0.717, 1.165) is 18.5 Å². The molecule has 114 valence electrons. The van der Waals surface area contributed by atoms with Crippen molar-refractivity contribution in [3.05, 3.63) is 53.6 Å². The van der Waals surface area contributed by atoms with Crippen molar-refractivity contribution in [3.8, 4) is 0 Å². The van der Waals surface area contributed by atoms with Crippen LogP contribution in [0.15, 0.2) is 24.5 Å². The van der Waals surface area contributed by atoms with Crippen molar-refractivity contribution < 1.29 is 27.5 Å². The van der Waals surface area contributed by atoms with E-state index in [2.05, 4.69) is 9.97 Å². The molecule has 0 saturated heterocycles. The van der Waals surface area contributed by atoms with Crippen LogP contribution in [0.4, 0.5) is 23.2 Å². The summed E-state index contributed by atoms with van der Waals surface area (Å²) in [4.78, 5) is 16.1. The summed E-state index contributed by atoms with van der Waals surface area (Å²) in [5, 5.41) is 8.26. The molecule has 3 N–H and O–H groups in total. The van der Waals surface area contributed by atoms with Crippen LogP contribution in [0.25, 0.3) is 0 Å². The molecule has 0 amide bonds. The molecule has 21 heavy (non-hydrogen) atoms. The molecule has 0 aliphatic rings. The lowest BCUT2D eigenvalue weighted by atomic mass is 10.2. The van der Waals surface area contributed by atoms with Gasteiger partial charge in [0.25, 0.3) is 5.95 Å². The van der Waals surface area contributed by atoms with Gasteiger partial charge >= 0.3 is 5.97 Å². The predicted octanol–water partition coefficient (Wildman–Crippen LogP) is 2.42. The number of nitrogens with two attached hydrogens (primary N) is 1. The maximum Gasteiger partial charge on any atom is 0.338 e. The van der Waals surface area contributed by atoms with Gasteiger partial charge in [0.1, 0.15) is 5.56 Å². The number of anilines is 1. The molecular weight excluding hydrogens is 318 g/mol. The number of hydrogen-bond donors (Lipinski definition) is 2. The van der Waals surface area contributed by atoms with Gasteiger partial charge in [0.15, 0.2) is 5.82 Å². The normalized spacial score (nSPS) is 9.14. The number of hydrogen-bond acceptors (Lipinski definition) is 4. The number of aromatic carboxylic acids is 1. The number of pyridine rings is 2. The largest absolute Gasteiger partial charge is 0.478 e. The van der Waals surface area contributed by atoms with E-state index in [1.807, 2.05) is 0 Å². The summed E-state index contributed by atoms with van der Waals surface area (Å²) in [5.74, 6) is -6.58. The second-order valence-corrected chi connectivity index (χ2v) is 3.27. The number of carboxylic acids is 1. The zero-order valence-corrected chi connectivity index (χ0v) is 10.9. The fourth-order valence-corrected chi connectivity index (χ4v) is 1.02. The summed E-state index contributed by atoms with van der Waals surface area (Å²) in [6.45, 7) is 0. The standard InChI is InChI=1S/C6H3F2NO2.C5H4F2N2.ClH/c7-4-3(6(10)11)1-2-9-5(4)8;6-4-3(8)1-2-9-5(4)7;/h1-2H,(H,10,11);1-2H,(H2,8,9);1H. The fraction of sp³-hybridized carbons (Fsp3) is 0. The van der Waals surface area contributed by atoms with Gasteiger partial charge in [-0.15, -0.1) is 12.4 Å². The van der Waals surface area contributed by atoms with Crippen molar-refractivity contribution in [2.75, 3.05) is 5.73 Å². The van der Waals surface area contributed by atoms with Gasteiger partial charge in [0.2, 0.25) is 11.8 Å². The van der Waals surface area contributed by atoms with Crippen LogP contribution in [-0.4, -0.2) is 21.0 Å². The first-order valence-electron chi connectivity index (χ1n) is 4.93. The third kappa shape index (κ3) is 4.88. The minimum atomic E-state index is -1.51. The van der Waals surface area contributed by atoms with Crippen LogP contribution >= 0.6 is 12.4 Å². The Kier molecular flexibility index (Phi) is 7.08. The van der Waals surface area contributed by atoms with Crippen LogP contribution in [0.2, 0.25) is 0 Å². The molecule has 10 heteroatoms. The van der Waals surface area contributed by atoms with Gasteiger partial charge in [-0.2, -0.15) is 13.2 Å². The highest BCUT2D eigenvalue weighted by atomic mass is 35.5. The first-order chi connectivity index (χ1) is 9.34. The summed E-state index contributed by atoms with van der Waals surface area (Å²) >= 11 is 0. The predicted molar refractivity (Wildman–Crippen MR) is 66.9 cm³/mol. The molecular formula is C11H8ClF4N3O2. The van der Waals surface area contributed by atoms with E-state index in [9.17, 15) is 22.4 Å². The summed E-state index contributed by atoms with van der Waals surface area (Å²) in [7, 11) is 0. The molecule has 2 aromatic rings. The quantitative estimate of drug-likeness (QED) is 0.621. The minimum Gasteiger partial charge on any atom is -0.478 e. The van der Waals surface area contributed by atoms with Crippen LogP contribution in [0, 0.1) is 23.5 Å². The van der Waals surface area contributed by atoms with Gasteiger partial charge in [0, 0.05) is 12.4 Å². The molecule has 0 saturated carbocycles. The van der Waals surface area contributed by atoms with E-state index in [0.29, 0.717) is 0 Å². The molecule has 2 heterocycles. The molecule has 0 aliphatic carbocycles. The highest BCUT2D eigenvalue weighted by molar-refractivity contribution is 5.87. The van der Waals surface area contributed by atoms with Gasteiger partial charge in [-0.25, -0.2) is 19.2 Å². The molecule has 5 nitrogen and oxygen atoms in total. The number of carboxylic acid groups (broad SMARTS) is 1. The lowest BCUT2D eigenvalue weighted by molar-refractivity contribution is 0.0690. The molecule has 0 spiro atoms. The second kappa shape index (κ2) is 8.00. The lowest BCUT2D eigenvalue weighted by Crippen LogP contribution is -2.03. The Bertz CT molecular complexity index is 623. The number of rotatable bonds is 1. The average Bonchev–Trinajstić information content (AvgIpc) is 2.39. The Morgan fingerprint density at radius 3 is 1.86 bits per heavy atom. The summed E-state index contributed by atoms with van der Waals surface area (Å²) < 4.78 is 48.8. The van der Waals surface area contributed by atoms with E-state index in [4.69, 9.17) is 10.8 Å². The number of carbonyl (C=O) groups is 1. The van der Waals surface area contributed by atoms with Crippen LogP contribution in [0.1, 0.15) is 10.4 Å². The minimum absolute atomic E-state index is 0. The summed E-state index contributed by atoms with van der Waals surface area (Å²) in [6, 6.07) is 2.08. The fourth-order valence-electron chi connectivity index (χ4n) is 1.02. The number of nitrogen functional groups attached to an aromatic ring is 1.